The van der Waals surface area contributed by atoms with Crippen LogP contribution in [0.15, 0.2) is 56.6 Å². The number of pyridine rings is 1. The van der Waals surface area contributed by atoms with E-state index in [9.17, 15) is 9.59 Å². The molecule has 0 saturated heterocycles. The summed E-state index contributed by atoms with van der Waals surface area (Å²) in [6.45, 7) is 0.315. The minimum absolute atomic E-state index is 0.210. The van der Waals surface area contributed by atoms with Crippen molar-refractivity contribution in [2.75, 3.05) is 0 Å². The fourth-order valence-electron chi connectivity index (χ4n) is 4.80. The second-order valence-corrected chi connectivity index (χ2v) is 8.69. The molecule has 33 heavy (non-hydrogen) atoms. The first-order valence-electron chi connectivity index (χ1n) is 11.3. The van der Waals surface area contributed by atoms with E-state index in [4.69, 9.17) is 4.42 Å². The number of carbonyl (C=O) groups excluding carboxylic acids is 1. The summed E-state index contributed by atoms with van der Waals surface area (Å²) < 4.78 is 8.36. The van der Waals surface area contributed by atoms with E-state index in [2.05, 4.69) is 20.2 Å². The lowest BCUT2D eigenvalue weighted by Crippen LogP contribution is -2.48. The summed E-state index contributed by atoms with van der Waals surface area (Å²) in [4.78, 5) is 35.7. The van der Waals surface area contributed by atoms with Crippen molar-refractivity contribution >= 4 is 24.1 Å². The second kappa shape index (κ2) is 7.91. The molecule has 1 atom stereocenters. The minimum atomic E-state index is -0.661. The van der Waals surface area contributed by atoms with E-state index in [-0.39, 0.29) is 11.5 Å². The summed E-state index contributed by atoms with van der Waals surface area (Å²) >= 11 is 0. The zero-order valence-electron chi connectivity index (χ0n) is 18.0. The fourth-order valence-corrected chi connectivity index (χ4v) is 4.80. The van der Waals surface area contributed by atoms with Gasteiger partial charge in [0.1, 0.15) is 11.7 Å². The highest BCUT2D eigenvalue weighted by Crippen LogP contribution is 2.31. The zero-order valence-corrected chi connectivity index (χ0v) is 18.0. The molecule has 3 aromatic rings. The van der Waals surface area contributed by atoms with Crippen molar-refractivity contribution in [2.45, 2.75) is 44.6 Å². The molecule has 3 aromatic heterocycles. The first-order valence-corrected chi connectivity index (χ1v) is 11.3. The first-order chi connectivity index (χ1) is 16.2. The monoisotopic (exact) mass is 443 g/mol. The summed E-state index contributed by atoms with van der Waals surface area (Å²) in [5.74, 6) is 1.32. The first kappa shape index (κ1) is 19.8. The third-order valence-corrected chi connectivity index (χ3v) is 6.58. The van der Waals surface area contributed by atoms with E-state index >= 15 is 0 Å². The second-order valence-electron chi connectivity index (χ2n) is 8.69. The molecular formula is C24H23N6O3+. The molecule has 166 valence electrons. The van der Waals surface area contributed by atoms with E-state index in [1.165, 1.54) is 23.8 Å². The van der Waals surface area contributed by atoms with Crippen LogP contribution in [0.25, 0.3) is 6.08 Å². The number of hydrogen-bond acceptors (Lipinski definition) is 6. The van der Waals surface area contributed by atoms with E-state index < -0.39 is 5.92 Å². The fraction of sp³-hybridized carbons (Fsp3) is 0.333. The van der Waals surface area contributed by atoms with Crippen LogP contribution >= 0.6 is 0 Å². The predicted octanol–water partition coefficient (Wildman–Crippen LogP) is 1.52. The third-order valence-electron chi connectivity index (χ3n) is 6.58. The van der Waals surface area contributed by atoms with E-state index in [1.54, 1.807) is 47.5 Å². The van der Waals surface area contributed by atoms with Crippen molar-refractivity contribution in [2.24, 2.45) is 10.9 Å². The number of carbonyl (C=O) groups is 1. The molecule has 2 aliphatic heterocycles. The number of amides is 1. The summed E-state index contributed by atoms with van der Waals surface area (Å²) in [5.41, 5.74) is 0.396. The largest absolute Gasteiger partial charge is 0.467 e. The maximum absolute atomic E-state index is 13.4. The maximum atomic E-state index is 13.4. The molecule has 1 saturated carbocycles. The van der Waals surface area contributed by atoms with Crippen molar-refractivity contribution < 1.29 is 13.8 Å². The summed E-state index contributed by atoms with van der Waals surface area (Å²) in [6, 6.07) is 5.39. The lowest BCUT2D eigenvalue weighted by atomic mass is 9.89. The standard InChI is InChI=1S/C24H23N6O3/c31-22-17-13-18-20(25-19(17)8-10-29(22)14-16-7-4-12-33-16)9-11-30(23(18)32)24-26-21(27-28-24)15-5-2-1-3-6-15/h4,7-13,15,18H,1-3,5-6,14H2,(H,26,27,28)/q+1. The Morgan fingerprint density at radius 1 is 1.18 bits per heavy atom. The van der Waals surface area contributed by atoms with Crippen LogP contribution in [0.1, 0.15) is 49.6 Å². The highest BCUT2D eigenvalue weighted by atomic mass is 16.3. The van der Waals surface area contributed by atoms with Gasteiger partial charge in [-0.05, 0) is 48.2 Å². The van der Waals surface area contributed by atoms with Crippen molar-refractivity contribution in [1.82, 2.24) is 19.7 Å². The van der Waals surface area contributed by atoms with Crippen LogP contribution < -0.4 is 16.1 Å². The Morgan fingerprint density at radius 2 is 2.06 bits per heavy atom. The van der Waals surface area contributed by atoms with Gasteiger partial charge in [-0.25, -0.2) is 0 Å². The molecule has 1 unspecified atom stereocenters. The van der Waals surface area contributed by atoms with Gasteiger partial charge in [0.15, 0.2) is 0 Å². The van der Waals surface area contributed by atoms with E-state index in [0.29, 0.717) is 40.4 Å². The topological polar surface area (TPSA) is 109 Å². The number of nitrogens with one attached hydrogen (secondary N) is 1. The van der Waals surface area contributed by atoms with Gasteiger partial charge in [-0.3, -0.25) is 14.6 Å². The van der Waals surface area contributed by atoms with Gasteiger partial charge in [-0.15, -0.1) is 0 Å². The Hall–Kier alpha value is -3.88. The van der Waals surface area contributed by atoms with Crippen LogP contribution in [0.3, 0.4) is 0 Å². The van der Waals surface area contributed by atoms with Gasteiger partial charge in [0.25, 0.3) is 5.56 Å². The number of allylic oxidation sites excluding steroid dienone is 1. The average Bonchev–Trinajstić information content (AvgIpc) is 3.54. The normalized spacial score (nSPS) is 20.2. The van der Waals surface area contributed by atoms with Gasteiger partial charge >= 0.3 is 11.9 Å². The number of fused-ring (bicyclic) bond motifs is 2. The van der Waals surface area contributed by atoms with Gasteiger partial charge in [0.05, 0.1) is 35.3 Å². The van der Waals surface area contributed by atoms with Crippen LogP contribution in [-0.4, -0.2) is 36.4 Å². The molecule has 3 aliphatic rings. The minimum Gasteiger partial charge on any atom is -0.467 e. The van der Waals surface area contributed by atoms with E-state index in [1.807, 2.05) is 6.07 Å². The van der Waals surface area contributed by atoms with Crippen LogP contribution in [0, 0.1) is 5.92 Å². The zero-order chi connectivity index (χ0) is 22.4. The van der Waals surface area contributed by atoms with Crippen LogP contribution in [-0.2, 0) is 11.3 Å². The Labute approximate surface area is 188 Å². The molecule has 1 amide bonds. The number of H-pyrrole nitrogens is 1. The number of furan rings is 1. The molecule has 0 bridgehead atoms. The molecule has 9 nitrogen and oxygen atoms in total. The highest BCUT2D eigenvalue weighted by molar-refractivity contribution is 5.91. The molecule has 1 aliphatic carbocycles. The van der Waals surface area contributed by atoms with Crippen molar-refractivity contribution in [3.05, 3.63) is 74.9 Å². The van der Waals surface area contributed by atoms with Crippen molar-refractivity contribution in [1.29, 1.82) is 0 Å². The Balaban J connectivity index is 1.34. The number of rotatable bonds is 4. The Morgan fingerprint density at radius 3 is 2.88 bits per heavy atom. The summed E-state index contributed by atoms with van der Waals surface area (Å²) in [5, 5.41) is 8.31. The molecule has 1 fully saturated rings. The van der Waals surface area contributed by atoms with Gasteiger partial charge in [0.2, 0.25) is 5.82 Å². The molecule has 5 heterocycles. The smallest absolute Gasteiger partial charge is 0.462 e. The molecule has 9 heteroatoms. The summed E-state index contributed by atoms with van der Waals surface area (Å²) in [7, 11) is 0. The average molecular weight is 443 g/mol. The quantitative estimate of drug-likeness (QED) is 0.615. The van der Waals surface area contributed by atoms with Crippen LogP contribution in [0.5, 0.6) is 0 Å². The number of aromatic amines is 1. The molecular weight excluding hydrogens is 420 g/mol. The van der Waals surface area contributed by atoms with Gasteiger partial charge in [-0.1, -0.05) is 19.3 Å². The number of hydrogen-bond donors (Lipinski definition) is 1. The Bertz CT molecular complexity index is 1470. The Kier molecular flexibility index (Phi) is 4.74. The predicted molar refractivity (Wildman–Crippen MR) is 119 cm³/mol. The van der Waals surface area contributed by atoms with E-state index in [0.717, 1.165) is 18.7 Å². The number of nitrogens with zero attached hydrogens (tertiary/aromatic N) is 5. The molecule has 0 spiro atoms. The molecule has 0 radical (unpaired) electrons. The lowest BCUT2D eigenvalue weighted by molar-refractivity contribution is -0.373. The highest BCUT2D eigenvalue weighted by Gasteiger charge is 2.36. The maximum Gasteiger partial charge on any atom is 0.462 e. The third kappa shape index (κ3) is 3.49. The summed E-state index contributed by atoms with van der Waals surface area (Å²) in [6.07, 6.45) is 14.2. The van der Waals surface area contributed by atoms with Gasteiger partial charge in [0, 0.05) is 17.2 Å². The van der Waals surface area contributed by atoms with Gasteiger partial charge < -0.3 is 8.98 Å². The molecule has 1 N–H and O–H groups in total. The number of aromatic nitrogens is 4. The van der Waals surface area contributed by atoms with Gasteiger partial charge in [-0.2, -0.15) is 9.67 Å². The molecule has 0 aromatic carbocycles. The van der Waals surface area contributed by atoms with Crippen LogP contribution in [0.4, 0.5) is 5.95 Å². The van der Waals surface area contributed by atoms with Crippen molar-refractivity contribution in [3.8, 4) is 0 Å². The molecule has 6 rings (SSSR count). The SMILES string of the molecule is O=C1C2C=c3c(ccn(Cc4ccco4)c3=O)=NC2=CC=[N+]1c1n[nH]c(C2CCCCC2)n1. The van der Waals surface area contributed by atoms with Crippen molar-refractivity contribution in [3.63, 3.8) is 0 Å². The lowest BCUT2D eigenvalue weighted by Gasteiger charge is -2.18. The van der Waals surface area contributed by atoms with Crippen LogP contribution in [0.2, 0.25) is 0 Å².